The number of piperazine rings is 1. The number of nitrogens with one attached hydrogen (secondary N) is 1. The molecule has 1 N–H and O–H groups in total. The van der Waals surface area contributed by atoms with E-state index in [-0.39, 0.29) is 17.8 Å². The number of anilines is 1. The molecule has 4 nitrogen and oxygen atoms in total. The van der Waals surface area contributed by atoms with Crippen molar-refractivity contribution in [3.8, 4) is 0 Å². The van der Waals surface area contributed by atoms with Crippen LogP contribution in [0.3, 0.4) is 0 Å². The van der Waals surface area contributed by atoms with Gasteiger partial charge in [-0.1, -0.05) is 13.8 Å². The van der Waals surface area contributed by atoms with E-state index in [1.807, 2.05) is 19.9 Å². The number of amides is 1. The minimum absolute atomic E-state index is 0.0153. The summed E-state index contributed by atoms with van der Waals surface area (Å²) in [6, 6.07) is 4.69. The maximum atomic E-state index is 13.7. The molecule has 1 amide bonds. The molecule has 1 aliphatic heterocycles. The molecule has 1 saturated heterocycles. The van der Waals surface area contributed by atoms with Gasteiger partial charge in [0.2, 0.25) is 5.91 Å². The Morgan fingerprint density at radius 3 is 2.55 bits per heavy atom. The molecule has 1 fully saturated rings. The van der Waals surface area contributed by atoms with Crippen LogP contribution in [0.1, 0.15) is 38.8 Å². The Bertz CT molecular complexity index is 513. The Kier molecular flexibility index (Phi) is 5.77. The quantitative estimate of drug-likeness (QED) is 0.908. The zero-order valence-corrected chi connectivity index (χ0v) is 13.7. The van der Waals surface area contributed by atoms with Gasteiger partial charge in [-0.3, -0.25) is 4.79 Å². The van der Waals surface area contributed by atoms with Gasteiger partial charge in [0.05, 0.1) is 6.04 Å². The number of hydrogen-bond acceptors (Lipinski definition) is 3. The van der Waals surface area contributed by atoms with Gasteiger partial charge in [0.25, 0.3) is 0 Å². The largest absolute Gasteiger partial charge is 0.369 e. The van der Waals surface area contributed by atoms with Gasteiger partial charge in [0.1, 0.15) is 5.82 Å². The van der Waals surface area contributed by atoms with Crippen LogP contribution in [0.25, 0.3) is 0 Å². The van der Waals surface area contributed by atoms with E-state index in [1.165, 1.54) is 6.07 Å². The van der Waals surface area contributed by atoms with E-state index in [4.69, 9.17) is 0 Å². The predicted octanol–water partition coefficient (Wildman–Crippen LogP) is 2.55. The van der Waals surface area contributed by atoms with Gasteiger partial charge in [-0.2, -0.15) is 0 Å². The van der Waals surface area contributed by atoms with E-state index in [2.05, 4.69) is 22.0 Å². The molecule has 22 heavy (non-hydrogen) atoms. The molecule has 1 atom stereocenters. The van der Waals surface area contributed by atoms with Gasteiger partial charge in [0, 0.05) is 43.9 Å². The van der Waals surface area contributed by atoms with Crippen molar-refractivity contribution >= 4 is 11.6 Å². The molecular formula is C17H26FN3O. The summed E-state index contributed by atoms with van der Waals surface area (Å²) in [4.78, 5) is 16.3. The smallest absolute Gasteiger partial charge is 0.220 e. The SMILES string of the molecule is CCC(=O)NC(C)c1cc(F)ccc1N1CCN(CC)CC1. The summed E-state index contributed by atoms with van der Waals surface area (Å²) in [7, 11) is 0. The Morgan fingerprint density at radius 1 is 1.27 bits per heavy atom. The van der Waals surface area contributed by atoms with E-state index in [1.54, 1.807) is 6.07 Å². The molecule has 5 heteroatoms. The lowest BCUT2D eigenvalue weighted by molar-refractivity contribution is -0.121. The van der Waals surface area contributed by atoms with Crippen LogP contribution >= 0.6 is 0 Å². The van der Waals surface area contributed by atoms with Crippen molar-refractivity contribution in [3.63, 3.8) is 0 Å². The number of rotatable bonds is 5. The first kappa shape index (κ1) is 16.7. The van der Waals surface area contributed by atoms with Crippen molar-refractivity contribution in [3.05, 3.63) is 29.6 Å². The summed E-state index contributed by atoms with van der Waals surface area (Å²) in [6.45, 7) is 10.9. The molecular weight excluding hydrogens is 281 g/mol. The van der Waals surface area contributed by atoms with Gasteiger partial charge < -0.3 is 15.1 Å². The van der Waals surface area contributed by atoms with Gasteiger partial charge >= 0.3 is 0 Å². The fourth-order valence-corrected chi connectivity index (χ4v) is 2.89. The summed E-state index contributed by atoms with van der Waals surface area (Å²) in [5, 5.41) is 2.93. The second kappa shape index (κ2) is 7.58. The minimum Gasteiger partial charge on any atom is -0.369 e. The van der Waals surface area contributed by atoms with Gasteiger partial charge in [-0.15, -0.1) is 0 Å². The van der Waals surface area contributed by atoms with Crippen molar-refractivity contribution < 1.29 is 9.18 Å². The van der Waals surface area contributed by atoms with Crippen LogP contribution in [-0.4, -0.2) is 43.5 Å². The Balaban J connectivity index is 2.19. The molecule has 0 bridgehead atoms. The number of carbonyl (C=O) groups excluding carboxylic acids is 1. The monoisotopic (exact) mass is 307 g/mol. The van der Waals surface area contributed by atoms with E-state index < -0.39 is 0 Å². The third kappa shape index (κ3) is 3.97. The van der Waals surface area contributed by atoms with Crippen LogP contribution in [-0.2, 0) is 4.79 Å². The van der Waals surface area contributed by atoms with E-state index in [0.717, 1.165) is 44.0 Å². The Hall–Kier alpha value is -1.62. The van der Waals surface area contributed by atoms with Gasteiger partial charge in [0.15, 0.2) is 0 Å². The summed E-state index contributed by atoms with van der Waals surface area (Å²) >= 11 is 0. The summed E-state index contributed by atoms with van der Waals surface area (Å²) < 4.78 is 13.7. The van der Waals surface area contributed by atoms with Gasteiger partial charge in [-0.25, -0.2) is 4.39 Å². The van der Waals surface area contributed by atoms with Gasteiger partial charge in [-0.05, 0) is 31.7 Å². The second-order valence-corrected chi connectivity index (χ2v) is 5.77. The second-order valence-electron chi connectivity index (χ2n) is 5.77. The molecule has 122 valence electrons. The lowest BCUT2D eigenvalue weighted by Crippen LogP contribution is -2.46. The first-order valence-corrected chi connectivity index (χ1v) is 8.11. The van der Waals surface area contributed by atoms with Crippen LogP contribution in [0, 0.1) is 5.82 Å². The molecule has 0 spiro atoms. The number of nitrogens with zero attached hydrogens (tertiary/aromatic N) is 2. The highest BCUT2D eigenvalue weighted by atomic mass is 19.1. The maximum Gasteiger partial charge on any atom is 0.220 e. The average molecular weight is 307 g/mol. The third-order valence-corrected chi connectivity index (χ3v) is 4.31. The first-order valence-electron chi connectivity index (χ1n) is 8.11. The summed E-state index contributed by atoms with van der Waals surface area (Å²) in [5.41, 5.74) is 1.88. The zero-order valence-electron chi connectivity index (χ0n) is 13.7. The normalized spacial score (nSPS) is 17.4. The number of carbonyl (C=O) groups is 1. The number of likely N-dealkylation sites (N-methyl/N-ethyl adjacent to an activating group) is 1. The molecule has 0 saturated carbocycles. The fourth-order valence-electron chi connectivity index (χ4n) is 2.89. The topological polar surface area (TPSA) is 35.6 Å². The lowest BCUT2D eigenvalue weighted by atomic mass is 10.0. The minimum atomic E-state index is -0.261. The summed E-state index contributed by atoms with van der Waals surface area (Å²) in [6.07, 6.45) is 0.435. The van der Waals surface area contributed by atoms with Crippen molar-refractivity contribution in [1.29, 1.82) is 0 Å². The van der Waals surface area contributed by atoms with Crippen molar-refractivity contribution in [1.82, 2.24) is 10.2 Å². The van der Waals surface area contributed by atoms with E-state index in [0.29, 0.717) is 6.42 Å². The number of hydrogen-bond donors (Lipinski definition) is 1. The molecule has 1 aromatic rings. The van der Waals surface area contributed by atoms with Crippen molar-refractivity contribution in [2.24, 2.45) is 0 Å². The molecule has 1 heterocycles. The number of halogens is 1. The van der Waals surface area contributed by atoms with E-state index >= 15 is 0 Å². The zero-order chi connectivity index (χ0) is 16.1. The average Bonchev–Trinajstić information content (AvgIpc) is 2.54. The Morgan fingerprint density at radius 2 is 1.95 bits per heavy atom. The van der Waals surface area contributed by atoms with Crippen LogP contribution in [0.15, 0.2) is 18.2 Å². The van der Waals surface area contributed by atoms with Crippen LogP contribution in [0.2, 0.25) is 0 Å². The van der Waals surface area contributed by atoms with Crippen LogP contribution in [0.4, 0.5) is 10.1 Å². The predicted molar refractivity (Wildman–Crippen MR) is 87.6 cm³/mol. The molecule has 0 radical (unpaired) electrons. The van der Waals surface area contributed by atoms with Crippen LogP contribution in [0.5, 0.6) is 0 Å². The van der Waals surface area contributed by atoms with Crippen molar-refractivity contribution in [2.75, 3.05) is 37.6 Å². The first-order chi connectivity index (χ1) is 10.5. The molecule has 1 aliphatic rings. The fraction of sp³-hybridized carbons (Fsp3) is 0.588. The molecule has 1 aromatic carbocycles. The highest BCUT2D eigenvalue weighted by Gasteiger charge is 2.21. The highest BCUT2D eigenvalue weighted by molar-refractivity contribution is 5.76. The lowest BCUT2D eigenvalue weighted by Gasteiger charge is -2.37. The van der Waals surface area contributed by atoms with E-state index in [9.17, 15) is 9.18 Å². The maximum absolute atomic E-state index is 13.7. The molecule has 1 unspecified atom stereocenters. The van der Waals surface area contributed by atoms with Crippen LogP contribution < -0.4 is 10.2 Å². The highest BCUT2D eigenvalue weighted by Crippen LogP contribution is 2.28. The molecule has 0 aliphatic carbocycles. The third-order valence-electron chi connectivity index (χ3n) is 4.31. The number of benzene rings is 1. The van der Waals surface area contributed by atoms with Crippen molar-refractivity contribution in [2.45, 2.75) is 33.2 Å². The molecule has 0 aromatic heterocycles. The standard InChI is InChI=1S/C17H26FN3O/c1-4-17(22)19-13(3)15-12-14(18)6-7-16(15)21-10-8-20(5-2)9-11-21/h6-7,12-13H,4-5,8-11H2,1-3H3,(H,19,22). The summed E-state index contributed by atoms with van der Waals surface area (Å²) in [5.74, 6) is -0.276. The Labute approximate surface area is 132 Å². The molecule has 2 rings (SSSR count).